The van der Waals surface area contributed by atoms with E-state index in [1.807, 2.05) is 25.3 Å². The van der Waals surface area contributed by atoms with E-state index in [0.717, 1.165) is 16.0 Å². The monoisotopic (exact) mass is 534 g/mol. The average Bonchev–Trinajstić information content (AvgIpc) is 3.41. The number of ether oxygens (including phenoxy) is 4. The largest absolute Gasteiger partial charge is 0.493 e. The molecular weight excluding hydrogens is 504 g/mol. The maximum atomic E-state index is 12.8. The van der Waals surface area contributed by atoms with Crippen molar-refractivity contribution in [1.82, 2.24) is 14.8 Å². The Balaban J connectivity index is 1.80. The lowest BCUT2D eigenvalue weighted by molar-refractivity contribution is -0.113. The maximum absolute atomic E-state index is 12.8. The molecule has 36 heavy (non-hydrogen) atoms. The lowest BCUT2D eigenvalue weighted by atomic mass is 10.1. The van der Waals surface area contributed by atoms with Crippen molar-refractivity contribution in [2.24, 2.45) is 0 Å². The van der Waals surface area contributed by atoms with Crippen molar-refractivity contribution >= 4 is 40.0 Å². The smallest absolute Gasteiger partial charge is 0.341 e. The van der Waals surface area contributed by atoms with Gasteiger partial charge in [-0.2, -0.15) is 0 Å². The van der Waals surface area contributed by atoms with Gasteiger partial charge < -0.3 is 28.8 Å². The number of methoxy groups -OCH3 is 3. The number of amides is 1. The van der Waals surface area contributed by atoms with Gasteiger partial charge in [-0.3, -0.25) is 4.79 Å². The van der Waals surface area contributed by atoms with Gasteiger partial charge in [-0.15, -0.1) is 21.5 Å². The highest BCUT2D eigenvalue weighted by molar-refractivity contribution is 7.99. The Labute approximate surface area is 218 Å². The normalized spacial score (nSPS) is 10.8. The summed E-state index contributed by atoms with van der Waals surface area (Å²) in [7, 11) is 4.65. The number of carbonyl (C=O) groups is 2. The first-order valence-corrected chi connectivity index (χ1v) is 13.0. The quantitative estimate of drug-likeness (QED) is 0.279. The van der Waals surface area contributed by atoms with Crippen molar-refractivity contribution < 1.29 is 28.5 Å². The lowest BCUT2D eigenvalue weighted by Crippen LogP contribution is -2.17. The predicted molar refractivity (Wildman–Crippen MR) is 140 cm³/mol. The third-order valence-corrected chi connectivity index (χ3v) is 7.50. The van der Waals surface area contributed by atoms with Gasteiger partial charge in [0.05, 0.1) is 39.3 Å². The van der Waals surface area contributed by atoms with Crippen LogP contribution in [0.1, 0.15) is 34.6 Å². The zero-order valence-corrected chi connectivity index (χ0v) is 23.0. The van der Waals surface area contributed by atoms with Crippen molar-refractivity contribution in [3.8, 4) is 28.6 Å². The molecule has 0 spiro atoms. The Morgan fingerprint density at radius 2 is 1.72 bits per heavy atom. The molecule has 0 atom stereocenters. The van der Waals surface area contributed by atoms with Gasteiger partial charge in [0.25, 0.3) is 0 Å². The number of benzene rings is 1. The third kappa shape index (κ3) is 5.59. The van der Waals surface area contributed by atoms with Gasteiger partial charge in [0, 0.05) is 17.0 Å². The molecule has 10 nitrogen and oxygen atoms in total. The molecule has 0 aliphatic rings. The first-order valence-electron chi connectivity index (χ1n) is 11.2. The van der Waals surface area contributed by atoms with Crippen LogP contribution < -0.4 is 19.5 Å². The number of carbonyl (C=O) groups excluding carboxylic acids is 2. The first-order chi connectivity index (χ1) is 17.3. The summed E-state index contributed by atoms with van der Waals surface area (Å²) in [4.78, 5) is 26.1. The number of hydrogen-bond donors (Lipinski definition) is 1. The summed E-state index contributed by atoms with van der Waals surface area (Å²) in [5.41, 5.74) is 1.94. The molecule has 1 aromatic carbocycles. The lowest BCUT2D eigenvalue weighted by Gasteiger charge is -2.14. The number of aryl methyl sites for hydroxylation is 1. The second-order valence-corrected chi connectivity index (χ2v) is 9.68. The van der Waals surface area contributed by atoms with Crippen molar-refractivity contribution in [3.05, 3.63) is 28.1 Å². The van der Waals surface area contributed by atoms with E-state index in [9.17, 15) is 9.59 Å². The summed E-state index contributed by atoms with van der Waals surface area (Å²) < 4.78 is 23.4. The molecule has 0 radical (unpaired) electrons. The highest BCUT2D eigenvalue weighted by Gasteiger charge is 2.23. The summed E-state index contributed by atoms with van der Waals surface area (Å²) in [5.74, 6) is 1.49. The minimum atomic E-state index is -0.442. The van der Waals surface area contributed by atoms with Crippen molar-refractivity contribution in [1.29, 1.82) is 0 Å². The summed E-state index contributed by atoms with van der Waals surface area (Å²) in [6.45, 7) is 8.31. The maximum Gasteiger partial charge on any atom is 0.341 e. The minimum Gasteiger partial charge on any atom is -0.493 e. The van der Waals surface area contributed by atoms with Crippen LogP contribution >= 0.6 is 23.1 Å². The van der Waals surface area contributed by atoms with Crippen molar-refractivity contribution in [2.75, 3.05) is 39.0 Å². The van der Waals surface area contributed by atoms with Crippen LogP contribution in [0.4, 0.5) is 5.00 Å². The molecule has 3 aromatic rings. The van der Waals surface area contributed by atoms with E-state index in [1.165, 1.54) is 23.1 Å². The molecule has 3 rings (SSSR count). The van der Waals surface area contributed by atoms with E-state index in [-0.39, 0.29) is 18.3 Å². The molecule has 0 saturated carbocycles. The molecule has 2 heterocycles. The summed E-state index contributed by atoms with van der Waals surface area (Å²) >= 11 is 2.61. The number of rotatable bonds is 11. The summed E-state index contributed by atoms with van der Waals surface area (Å²) in [5, 5.41) is 12.6. The van der Waals surface area contributed by atoms with E-state index in [1.54, 1.807) is 40.4 Å². The summed E-state index contributed by atoms with van der Waals surface area (Å²) in [6.07, 6.45) is 0. The summed E-state index contributed by atoms with van der Waals surface area (Å²) in [6, 6.07) is 3.61. The highest BCUT2D eigenvalue weighted by Crippen LogP contribution is 2.41. The minimum absolute atomic E-state index is 0.0889. The van der Waals surface area contributed by atoms with Crippen LogP contribution in [-0.4, -0.2) is 60.3 Å². The number of aromatic nitrogens is 3. The number of nitrogens with one attached hydrogen (secondary N) is 1. The van der Waals surface area contributed by atoms with Crippen LogP contribution in [0.25, 0.3) is 11.4 Å². The van der Waals surface area contributed by atoms with Crippen molar-refractivity contribution in [2.45, 2.75) is 39.4 Å². The van der Waals surface area contributed by atoms with E-state index < -0.39 is 5.97 Å². The fourth-order valence-corrected chi connectivity index (χ4v) is 5.43. The number of esters is 1. The van der Waals surface area contributed by atoms with Gasteiger partial charge in [0.2, 0.25) is 11.7 Å². The third-order valence-electron chi connectivity index (χ3n) is 5.41. The number of thioether (sulfide) groups is 1. The standard InChI is InChI=1S/C24H30N4O6S2/c1-8-28-21(15-10-16(31-5)20(33-7)17(11-15)32-6)26-27-24(28)35-12-18(29)25-22-19(23(30)34-9-2)13(3)14(4)36-22/h10-11H,8-9,12H2,1-7H3,(H,25,29). The van der Waals surface area contributed by atoms with Gasteiger partial charge >= 0.3 is 5.97 Å². The Hall–Kier alpha value is -3.25. The van der Waals surface area contributed by atoms with Crippen LogP contribution in [0, 0.1) is 13.8 Å². The fraction of sp³-hybridized carbons (Fsp3) is 0.417. The van der Waals surface area contributed by atoms with Gasteiger partial charge in [-0.05, 0) is 45.4 Å². The molecule has 0 saturated heterocycles. The molecule has 194 valence electrons. The van der Waals surface area contributed by atoms with Gasteiger partial charge in [-0.25, -0.2) is 4.79 Å². The van der Waals surface area contributed by atoms with Crippen LogP contribution in [-0.2, 0) is 16.1 Å². The molecule has 0 unspecified atom stereocenters. The molecule has 2 aromatic heterocycles. The second kappa shape index (κ2) is 12.1. The van der Waals surface area contributed by atoms with E-state index in [4.69, 9.17) is 18.9 Å². The van der Waals surface area contributed by atoms with Crippen LogP contribution in [0.2, 0.25) is 0 Å². The molecule has 0 aliphatic carbocycles. The van der Waals surface area contributed by atoms with E-state index >= 15 is 0 Å². The Morgan fingerprint density at radius 1 is 1.06 bits per heavy atom. The van der Waals surface area contributed by atoms with E-state index in [0.29, 0.717) is 45.3 Å². The van der Waals surface area contributed by atoms with Gasteiger partial charge in [-0.1, -0.05) is 11.8 Å². The number of nitrogens with zero attached hydrogens (tertiary/aromatic N) is 3. The zero-order valence-electron chi connectivity index (χ0n) is 21.4. The Kier molecular flexibility index (Phi) is 9.21. The SMILES string of the molecule is CCOC(=O)c1c(NC(=O)CSc2nnc(-c3cc(OC)c(OC)c(OC)c3)n2CC)sc(C)c1C. The van der Waals surface area contributed by atoms with Crippen LogP contribution in [0.5, 0.6) is 17.2 Å². The average molecular weight is 535 g/mol. The topological polar surface area (TPSA) is 114 Å². The van der Waals surface area contributed by atoms with Crippen LogP contribution in [0.3, 0.4) is 0 Å². The predicted octanol–water partition coefficient (Wildman–Crippen LogP) is 4.58. The fourth-order valence-electron chi connectivity index (χ4n) is 3.56. The molecular formula is C24H30N4O6S2. The molecule has 0 aliphatic heterocycles. The Morgan fingerprint density at radius 3 is 2.28 bits per heavy atom. The zero-order chi connectivity index (χ0) is 26.4. The second-order valence-electron chi connectivity index (χ2n) is 7.51. The number of anilines is 1. The van der Waals surface area contributed by atoms with Crippen molar-refractivity contribution in [3.63, 3.8) is 0 Å². The first kappa shape index (κ1) is 27.3. The molecule has 12 heteroatoms. The molecule has 0 fully saturated rings. The number of thiophene rings is 1. The highest BCUT2D eigenvalue weighted by atomic mass is 32.2. The number of hydrogen-bond acceptors (Lipinski definition) is 10. The van der Waals surface area contributed by atoms with Gasteiger partial charge in [0.15, 0.2) is 22.5 Å². The van der Waals surface area contributed by atoms with E-state index in [2.05, 4.69) is 15.5 Å². The van der Waals surface area contributed by atoms with Gasteiger partial charge in [0.1, 0.15) is 5.00 Å². The molecule has 1 N–H and O–H groups in total. The molecule has 0 bridgehead atoms. The Bertz CT molecular complexity index is 1230. The van der Waals surface area contributed by atoms with Crippen LogP contribution in [0.15, 0.2) is 17.3 Å². The molecule has 1 amide bonds.